The minimum atomic E-state index is 0.00870. The molecule has 0 aliphatic rings. The fraction of sp³-hybridized carbons (Fsp3) is 0.438. The van der Waals surface area contributed by atoms with E-state index in [1.54, 1.807) is 0 Å². The first-order valence-electron chi connectivity index (χ1n) is 6.80. The molecule has 0 fully saturated rings. The number of aryl methyl sites for hydroxylation is 3. The fourth-order valence-electron chi connectivity index (χ4n) is 2.55. The van der Waals surface area contributed by atoms with Gasteiger partial charge in [-0.3, -0.25) is 4.68 Å². The van der Waals surface area contributed by atoms with Crippen LogP contribution < -0.4 is 0 Å². The average Bonchev–Trinajstić information content (AvgIpc) is 2.70. The van der Waals surface area contributed by atoms with Crippen molar-refractivity contribution in [2.75, 3.05) is 10.7 Å². The van der Waals surface area contributed by atoms with E-state index in [4.69, 9.17) is 0 Å². The van der Waals surface area contributed by atoms with Crippen molar-refractivity contribution in [3.63, 3.8) is 0 Å². The fourth-order valence-corrected chi connectivity index (χ4v) is 5.00. The molecule has 0 atom stereocenters. The SMILES string of the molecule is Cc1cccc(C(CBr)(CBr)Cc2c(Br)c(C)nn2C)c1. The van der Waals surface area contributed by atoms with E-state index < -0.39 is 0 Å². The molecule has 0 spiro atoms. The van der Waals surface area contributed by atoms with Gasteiger partial charge in [-0.15, -0.1) is 0 Å². The Bertz CT molecular complexity index is 630. The van der Waals surface area contributed by atoms with Crippen LogP contribution in [-0.2, 0) is 18.9 Å². The Labute approximate surface area is 151 Å². The molecule has 0 amide bonds. The topological polar surface area (TPSA) is 17.8 Å². The summed E-state index contributed by atoms with van der Waals surface area (Å²) >= 11 is 11.2. The molecule has 0 aliphatic carbocycles. The molecule has 1 heterocycles. The maximum absolute atomic E-state index is 4.51. The molecule has 2 rings (SSSR count). The molecule has 0 saturated carbocycles. The average molecular weight is 479 g/mol. The molecule has 0 N–H and O–H groups in total. The van der Waals surface area contributed by atoms with Crippen LogP contribution in [0.25, 0.3) is 0 Å². The van der Waals surface area contributed by atoms with E-state index in [1.165, 1.54) is 16.8 Å². The van der Waals surface area contributed by atoms with Gasteiger partial charge in [-0.25, -0.2) is 0 Å². The van der Waals surface area contributed by atoms with Crippen LogP contribution in [0, 0.1) is 13.8 Å². The molecular formula is C16H19Br3N2. The molecule has 5 heteroatoms. The van der Waals surface area contributed by atoms with Gasteiger partial charge in [-0.05, 0) is 35.3 Å². The highest BCUT2D eigenvalue weighted by atomic mass is 79.9. The normalized spacial score (nSPS) is 11.9. The third-order valence-electron chi connectivity index (χ3n) is 3.91. The largest absolute Gasteiger partial charge is 0.271 e. The molecule has 0 saturated heterocycles. The van der Waals surface area contributed by atoms with E-state index in [0.29, 0.717) is 0 Å². The van der Waals surface area contributed by atoms with Crippen LogP contribution in [0.3, 0.4) is 0 Å². The molecule has 1 aromatic carbocycles. The molecule has 2 aromatic rings. The van der Waals surface area contributed by atoms with Gasteiger partial charge in [-0.1, -0.05) is 61.7 Å². The van der Waals surface area contributed by atoms with Crippen molar-refractivity contribution in [2.45, 2.75) is 25.7 Å². The van der Waals surface area contributed by atoms with Gasteiger partial charge in [0.15, 0.2) is 0 Å². The van der Waals surface area contributed by atoms with Gasteiger partial charge in [0.1, 0.15) is 0 Å². The molecular weight excluding hydrogens is 460 g/mol. The van der Waals surface area contributed by atoms with Gasteiger partial charge in [0, 0.05) is 29.5 Å². The molecule has 21 heavy (non-hydrogen) atoms. The maximum Gasteiger partial charge on any atom is 0.0738 e. The van der Waals surface area contributed by atoms with Crippen molar-refractivity contribution in [3.05, 3.63) is 51.3 Å². The summed E-state index contributed by atoms with van der Waals surface area (Å²) in [4.78, 5) is 0. The van der Waals surface area contributed by atoms with Gasteiger partial charge in [0.05, 0.1) is 15.9 Å². The number of hydrogen-bond acceptors (Lipinski definition) is 1. The Morgan fingerprint density at radius 1 is 1.19 bits per heavy atom. The summed E-state index contributed by atoms with van der Waals surface area (Å²) < 4.78 is 3.10. The van der Waals surface area contributed by atoms with E-state index in [9.17, 15) is 0 Å². The standard InChI is InChI=1S/C16H19Br3N2/c1-11-5-4-6-13(7-11)16(9-17,10-18)8-14-15(19)12(2)20-21(14)3/h4-7H,8-10H2,1-3H3. The molecule has 0 radical (unpaired) electrons. The first-order chi connectivity index (χ1) is 9.93. The Hall–Kier alpha value is -0.130. The van der Waals surface area contributed by atoms with Crippen molar-refractivity contribution in [3.8, 4) is 0 Å². The van der Waals surface area contributed by atoms with Crippen LogP contribution in [0.1, 0.15) is 22.5 Å². The summed E-state index contributed by atoms with van der Waals surface area (Å²) in [6.45, 7) is 4.17. The van der Waals surface area contributed by atoms with Gasteiger partial charge in [0.25, 0.3) is 0 Å². The summed E-state index contributed by atoms with van der Waals surface area (Å²) in [7, 11) is 2.01. The molecule has 1 aromatic heterocycles. The highest BCUT2D eigenvalue weighted by Crippen LogP contribution is 2.35. The van der Waals surface area contributed by atoms with Gasteiger partial charge >= 0.3 is 0 Å². The minimum absolute atomic E-state index is 0.00870. The predicted molar refractivity (Wildman–Crippen MR) is 99.8 cm³/mol. The van der Waals surface area contributed by atoms with Crippen LogP contribution in [0.15, 0.2) is 28.7 Å². The predicted octanol–water partition coefficient (Wildman–Crippen LogP) is 5.07. The lowest BCUT2D eigenvalue weighted by Crippen LogP contribution is -2.34. The number of hydrogen-bond donors (Lipinski definition) is 0. The summed E-state index contributed by atoms with van der Waals surface area (Å²) in [5, 5.41) is 6.30. The van der Waals surface area contributed by atoms with E-state index in [2.05, 4.69) is 84.1 Å². The number of alkyl halides is 2. The van der Waals surface area contributed by atoms with Crippen molar-refractivity contribution >= 4 is 47.8 Å². The smallest absolute Gasteiger partial charge is 0.0738 e. The number of nitrogens with zero attached hydrogens (tertiary/aromatic N) is 2. The number of benzene rings is 1. The van der Waals surface area contributed by atoms with Crippen molar-refractivity contribution in [2.24, 2.45) is 7.05 Å². The second-order valence-electron chi connectivity index (χ2n) is 5.56. The third-order valence-corrected chi connectivity index (χ3v) is 7.09. The lowest BCUT2D eigenvalue weighted by Gasteiger charge is -2.31. The highest BCUT2D eigenvalue weighted by molar-refractivity contribution is 9.10. The Morgan fingerprint density at radius 2 is 1.86 bits per heavy atom. The Kier molecular flexibility index (Phi) is 5.71. The maximum atomic E-state index is 4.51. The summed E-state index contributed by atoms with van der Waals surface area (Å²) in [5.41, 5.74) is 4.91. The molecule has 0 unspecified atom stereocenters. The van der Waals surface area contributed by atoms with E-state index >= 15 is 0 Å². The van der Waals surface area contributed by atoms with Gasteiger partial charge in [0.2, 0.25) is 0 Å². The van der Waals surface area contributed by atoms with Gasteiger partial charge < -0.3 is 0 Å². The van der Waals surface area contributed by atoms with Crippen LogP contribution in [0.5, 0.6) is 0 Å². The first-order valence-corrected chi connectivity index (χ1v) is 9.84. The lowest BCUT2D eigenvalue weighted by atomic mass is 9.80. The number of rotatable bonds is 5. The number of aromatic nitrogens is 2. The van der Waals surface area contributed by atoms with Gasteiger partial charge in [-0.2, -0.15) is 5.10 Å². The first kappa shape index (κ1) is 17.2. The van der Waals surface area contributed by atoms with E-state index in [0.717, 1.165) is 27.2 Å². The molecule has 114 valence electrons. The second-order valence-corrected chi connectivity index (χ2v) is 7.48. The third kappa shape index (κ3) is 3.45. The summed E-state index contributed by atoms with van der Waals surface area (Å²) in [6, 6.07) is 8.77. The van der Waals surface area contributed by atoms with Crippen molar-refractivity contribution in [1.29, 1.82) is 0 Å². The second kappa shape index (κ2) is 6.97. The van der Waals surface area contributed by atoms with Crippen molar-refractivity contribution in [1.82, 2.24) is 9.78 Å². The van der Waals surface area contributed by atoms with Crippen molar-refractivity contribution < 1.29 is 0 Å². The molecule has 0 bridgehead atoms. The Balaban J connectivity index is 2.48. The molecule has 2 nitrogen and oxygen atoms in total. The van der Waals surface area contributed by atoms with Crippen LogP contribution in [-0.4, -0.2) is 20.4 Å². The summed E-state index contributed by atoms with van der Waals surface area (Å²) in [5.74, 6) is 0. The Morgan fingerprint density at radius 3 is 2.33 bits per heavy atom. The molecule has 0 aliphatic heterocycles. The zero-order valence-corrected chi connectivity index (χ0v) is 17.2. The van der Waals surface area contributed by atoms with E-state index in [1.807, 2.05) is 18.7 Å². The number of halogens is 3. The van der Waals surface area contributed by atoms with E-state index in [-0.39, 0.29) is 5.41 Å². The van der Waals surface area contributed by atoms with Crippen LogP contribution >= 0.6 is 47.8 Å². The summed E-state index contributed by atoms with van der Waals surface area (Å²) in [6.07, 6.45) is 0.922. The highest BCUT2D eigenvalue weighted by Gasteiger charge is 2.33. The van der Waals surface area contributed by atoms with Crippen LogP contribution in [0.2, 0.25) is 0 Å². The van der Waals surface area contributed by atoms with Crippen LogP contribution in [0.4, 0.5) is 0 Å². The zero-order chi connectivity index (χ0) is 15.6. The minimum Gasteiger partial charge on any atom is -0.271 e. The lowest BCUT2D eigenvalue weighted by molar-refractivity contribution is 0.521. The zero-order valence-electron chi connectivity index (χ0n) is 12.5. The quantitative estimate of drug-likeness (QED) is 0.548. The monoisotopic (exact) mass is 476 g/mol.